The van der Waals surface area contributed by atoms with Gasteiger partial charge in [-0.05, 0) is 23.6 Å². The Bertz CT molecular complexity index is 795. The lowest BCUT2D eigenvalue weighted by Crippen LogP contribution is -2.22. The van der Waals surface area contributed by atoms with Crippen molar-refractivity contribution in [3.63, 3.8) is 0 Å². The molecule has 0 spiro atoms. The van der Waals surface area contributed by atoms with E-state index in [1.54, 1.807) is 35.7 Å². The molecule has 1 atom stereocenters. The summed E-state index contributed by atoms with van der Waals surface area (Å²) >= 11 is 7.12. The minimum atomic E-state index is -3.24. The fraction of sp³-hybridized carbons (Fsp3) is 0.214. The van der Waals surface area contributed by atoms with Gasteiger partial charge in [0.15, 0.2) is 9.84 Å². The first-order valence-corrected chi connectivity index (χ1v) is 9.16. The molecule has 21 heavy (non-hydrogen) atoms. The van der Waals surface area contributed by atoms with Crippen LogP contribution in [0.4, 0.5) is 0 Å². The fourth-order valence-electron chi connectivity index (χ4n) is 2.25. The molecule has 0 radical (unpaired) electrons. The molecular formula is C14H11ClO4S2. The number of thiophene rings is 1. The summed E-state index contributed by atoms with van der Waals surface area (Å²) in [6.07, 6.45) is -0.277. The lowest BCUT2D eigenvalue weighted by Gasteiger charge is -2.22. The summed E-state index contributed by atoms with van der Waals surface area (Å²) in [4.78, 5) is 12.2. The van der Waals surface area contributed by atoms with E-state index in [0.717, 1.165) is 11.3 Å². The van der Waals surface area contributed by atoms with E-state index in [1.165, 1.54) is 0 Å². The second-order valence-electron chi connectivity index (χ2n) is 4.64. The highest BCUT2D eigenvalue weighted by molar-refractivity contribution is 7.93. The average molecular weight is 343 g/mol. The molecule has 110 valence electrons. The van der Waals surface area contributed by atoms with E-state index in [1.807, 2.05) is 0 Å². The predicted octanol–water partition coefficient (Wildman–Crippen LogP) is 3.48. The van der Waals surface area contributed by atoms with Crippen LogP contribution in [-0.4, -0.2) is 20.1 Å². The average Bonchev–Trinajstić information content (AvgIpc) is 2.93. The van der Waals surface area contributed by atoms with Gasteiger partial charge in [0.2, 0.25) is 0 Å². The molecule has 4 nitrogen and oxygen atoms in total. The molecule has 1 aromatic carbocycles. The van der Waals surface area contributed by atoms with Gasteiger partial charge in [0.1, 0.15) is 10.3 Å². The van der Waals surface area contributed by atoms with Gasteiger partial charge in [0, 0.05) is 12.0 Å². The molecule has 0 saturated heterocycles. The Labute approximate surface area is 131 Å². The number of hydrogen-bond acceptors (Lipinski definition) is 5. The number of sulfone groups is 1. The third-order valence-corrected chi connectivity index (χ3v) is 6.96. The van der Waals surface area contributed by atoms with Crippen LogP contribution in [0.5, 0.6) is 0 Å². The number of hydrogen-bond donors (Lipinski definition) is 0. The molecule has 0 unspecified atom stereocenters. The van der Waals surface area contributed by atoms with Crippen LogP contribution < -0.4 is 0 Å². The summed E-state index contributed by atoms with van der Waals surface area (Å²) in [5.74, 6) is -0.553. The first kappa shape index (κ1) is 14.6. The molecule has 1 aliphatic rings. The summed E-state index contributed by atoms with van der Waals surface area (Å²) < 4.78 is 29.6. The molecule has 0 bridgehead atoms. The molecule has 0 amide bonds. The van der Waals surface area contributed by atoms with Crippen molar-refractivity contribution in [3.8, 4) is 0 Å². The summed E-state index contributed by atoms with van der Waals surface area (Å²) in [5.41, 5.74) is 0.844. The van der Waals surface area contributed by atoms with Crippen LogP contribution in [-0.2, 0) is 14.6 Å². The monoisotopic (exact) mass is 342 g/mol. The van der Waals surface area contributed by atoms with Crippen LogP contribution in [0, 0.1) is 0 Å². The zero-order chi connectivity index (χ0) is 15.0. The van der Waals surface area contributed by atoms with Gasteiger partial charge in [0.05, 0.1) is 16.3 Å². The van der Waals surface area contributed by atoms with Gasteiger partial charge in [-0.1, -0.05) is 23.7 Å². The molecule has 2 heterocycles. The molecular weight excluding hydrogens is 332 g/mol. The Morgan fingerprint density at radius 2 is 2.05 bits per heavy atom. The van der Waals surface area contributed by atoms with Gasteiger partial charge < -0.3 is 4.74 Å². The molecule has 0 saturated carbocycles. The molecule has 1 aromatic heterocycles. The van der Waals surface area contributed by atoms with Crippen LogP contribution >= 0.6 is 22.9 Å². The Morgan fingerprint density at radius 3 is 2.81 bits per heavy atom. The topological polar surface area (TPSA) is 60.4 Å². The van der Waals surface area contributed by atoms with Crippen molar-refractivity contribution in [3.05, 3.63) is 51.9 Å². The summed E-state index contributed by atoms with van der Waals surface area (Å²) in [7, 11) is -3.24. The standard InChI is InChI=1S/C14H11ClO4S2/c15-11-4-2-1-3-9(11)13(16)19-12-6-8-21(17,18)14-10(12)5-7-20-14/h1-5,7,12H,6,8H2/t12-/m0/s1. The molecule has 0 fully saturated rings. The number of esters is 1. The summed E-state index contributed by atoms with van der Waals surface area (Å²) in [6.45, 7) is 0. The maximum atomic E-state index is 12.2. The van der Waals surface area contributed by atoms with Crippen molar-refractivity contribution >= 4 is 38.7 Å². The first-order chi connectivity index (χ1) is 9.99. The maximum Gasteiger partial charge on any atom is 0.340 e. The Morgan fingerprint density at radius 1 is 1.29 bits per heavy atom. The smallest absolute Gasteiger partial charge is 0.340 e. The number of benzene rings is 1. The van der Waals surface area contributed by atoms with E-state index in [2.05, 4.69) is 0 Å². The Balaban J connectivity index is 1.88. The normalized spacial score (nSPS) is 19.8. The highest BCUT2D eigenvalue weighted by Crippen LogP contribution is 2.38. The number of fused-ring (bicyclic) bond motifs is 1. The largest absolute Gasteiger partial charge is 0.454 e. The second-order valence-corrected chi connectivity index (χ2v) is 8.27. The number of carbonyl (C=O) groups excluding carboxylic acids is 1. The molecule has 1 aliphatic heterocycles. The lowest BCUT2D eigenvalue weighted by molar-refractivity contribution is 0.0280. The zero-order valence-electron chi connectivity index (χ0n) is 10.8. The van der Waals surface area contributed by atoms with E-state index in [0.29, 0.717) is 14.8 Å². The third kappa shape index (κ3) is 2.71. The summed E-state index contributed by atoms with van der Waals surface area (Å²) in [5, 5.41) is 2.01. The predicted molar refractivity (Wildman–Crippen MR) is 80.6 cm³/mol. The van der Waals surface area contributed by atoms with Crippen LogP contribution in [0.25, 0.3) is 0 Å². The maximum absolute atomic E-state index is 12.2. The van der Waals surface area contributed by atoms with Crippen LogP contribution in [0.2, 0.25) is 5.02 Å². The number of rotatable bonds is 2. The van der Waals surface area contributed by atoms with Gasteiger partial charge in [0.25, 0.3) is 0 Å². The van der Waals surface area contributed by atoms with Crippen LogP contribution in [0.15, 0.2) is 39.9 Å². The number of carbonyl (C=O) groups is 1. The van der Waals surface area contributed by atoms with E-state index >= 15 is 0 Å². The van der Waals surface area contributed by atoms with Gasteiger partial charge in [-0.2, -0.15) is 0 Å². The SMILES string of the molecule is O=C(O[C@H]1CCS(=O)(=O)c2sccc21)c1ccccc1Cl. The number of ether oxygens (including phenoxy) is 1. The van der Waals surface area contributed by atoms with Gasteiger partial charge in [-0.3, -0.25) is 0 Å². The molecule has 7 heteroatoms. The van der Waals surface area contributed by atoms with E-state index < -0.39 is 21.9 Å². The quantitative estimate of drug-likeness (QED) is 0.784. The van der Waals surface area contributed by atoms with Crippen molar-refractivity contribution in [1.82, 2.24) is 0 Å². The van der Waals surface area contributed by atoms with E-state index in [4.69, 9.17) is 16.3 Å². The zero-order valence-corrected chi connectivity index (χ0v) is 13.2. The van der Waals surface area contributed by atoms with Gasteiger partial charge in [-0.25, -0.2) is 13.2 Å². The van der Waals surface area contributed by atoms with Crippen LogP contribution in [0.1, 0.15) is 28.4 Å². The van der Waals surface area contributed by atoms with Crippen molar-refractivity contribution in [2.45, 2.75) is 16.7 Å². The van der Waals surface area contributed by atoms with Gasteiger partial charge in [-0.15, -0.1) is 11.3 Å². The highest BCUT2D eigenvalue weighted by Gasteiger charge is 2.34. The number of halogens is 1. The molecule has 2 aromatic rings. The fourth-order valence-corrected chi connectivity index (χ4v) is 5.41. The molecule has 3 rings (SSSR count). The third-order valence-electron chi connectivity index (χ3n) is 3.28. The minimum Gasteiger partial charge on any atom is -0.454 e. The highest BCUT2D eigenvalue weighted by atomic mass is 35.5. The van der Waals surface area contributed by atoms with Crippen molar-refractivity contribution in [1.29, 1.82) is 0 Å². The van der Waals surface area contributed by atoms with E-state index in [-0.39, 0.29) is 17.7 Å². The second kappa shape index (κ2) is 5.44. The van der Waals surface area contributed by atoms with Crippen molar-refractivity contribution in [2.24, 2.45) is 0 Å². The first-order valence-electron chi connectivity index (χ1n) is 6.25. The van der Waals surface area contributed by atoms with Crippen molar-refractivity contribution < 1.29 is 17.9 Å². The van der Waals surface area contributed by atoms with Gasteiger partial charge >= 0.3 is 5.97 Å². The van der Waals surface area contributed by atoms with Crippen molar-refractivity contribution in [2.75, 3.05) is 5.75 Å². The Kier molecular flexibility index (Phi) is 3.77. The molecule has 0 aliphatic carbocycles. The minimum absolute atomic E-state index is 0.0129. The van der Waals surface area contributed by atoms with E-state index in [9.17, 15) is 13.2 Å². The van der Waals surface area contributed by atoms with Crippen LogP contribution in [0.3, 0.4) is 0 Å². The summed E-state index contributed by atoms with van der Waals surface area (Å²) in [6, 6.07) is 8.31. The Hall–Kier alpha value is -1.37. The molecule has 0 N–H and O–H groups in total. The lowest BCUT2D eigenvalue weighted by atomic mass is 10.1.